The van der Waals surface area contributed by atoms with Gasteiger partial charge in [-0.15, -0.1) is 0 Å². The molecule has 1 aliphatic rings. The second kappa shape index (κ2) is 8.94. The number of nitrogens with zero attached hydrogens (tertiary/aromatic N) is 1. The van der Waals surface area contributed by atoms with Gasteiger partial charge >= 0.3 is 5.97 Å². The predicted molar refractivity (Wildman–Crippen MR) is 93.3 cm³/mol. The van der Waals surface area contributed by atoms with E-state index in [0.717, 1.165) is 24.9 Å². The van der Waals surface area contributed by atoms with Crippen LogP contribution in [0.4, 0.5) is 4.39 Å². The number of benzene rings is 1. The Hall–Kier alpha value is -1.95. The number of carbonyl (C=O) groups excluding carboxylic acids is 2. The molecule has 1 amide bonds. The molecular weight excluding hydrogens is 323 g/mol. The topological polar surface area (TPSA) is 58.6 Å². The number of ether oxygens (including phenoxy) is 1. The zero-order chi connectivity index (χ0) is 18.4. The van der Waals surface area contributed by atoms with E-state index in [1.54, 1.807) is 19.1 Å². The van der Waals surface area contributed by atoms with Gasteiger partial charge < -0.3 is 10.1 Å². The van der Waals surface area contributed by atoms with Crippen molar-refractivity contribution in [1.82, 2.24) is 10.2 Å². The quantitative estimate of drug-likeness (QED) is 0.802. The van der Waals surface area contributed by atoms with Crippen molar-refractivity contribution in [3.05, 3.63) is 35.6 Å². The largest absolute Gasteiger partial charge is 0.466 e. The van der Waals surface area contributed by atoms with E-state index in [4.69, 9.17) is 4.74 Å². The van der Waals surface area contributed by atoms with Crippen LogP contribution in [0.5, 0.6) is 0 Å². The molecule has 25 heavy (non-hydrogen) atoms. The Labute approximate surface area is 148 Å². The van der Waals surface area contributed by atoms with Crippen LogP contribution >= 0.6 is 0 Å². The van der Waals surface area contributed by atoms with Crippen LogP contribution in [0.3, 0.4) is 0 Å². The van der Waals surface area contributed by atoms with E-state index in [0.29, 0.717) is 13.2 Å². The van der Waals surface area contributed by atoms with Crippen molar-refractivity contribution in [1.29, 1.82) is 0 Å². The number of halogens is 1. The molecule has 3 atom stereocenters. The number of hydrogen-bond donors (Lipinski definition) is 1. The van der Waals surface area contributed by atoms with Crippen LogP contribution < -0.4 is 5.32 Å². The average Bonchev–Trinajstić information content (AvgIpc) is 2.61. The number of likely N-dealkylation sites (tertiary alicyclic amines) is 1. The maximum absolute atomic E-state index is 13.0. The summed E-state index contributed by atoms with van der Waals surface area (Å²) in [5.74, 6) is -0.742. The van der Waals surface area contributed by atoms with E-state index in [1.165, 1.54) is 12.1 Å². The minimum absolute atomic E-state index is 0.0960. The van der Waals surface area contributed by atoms with Crippen LogP contribution in [0.2, 0.25) is 0 Å². The number of esters is 1. The molecule has 0 spiro atoms. The first-order chi connectivity index (χ1) is 11.9. The first-order valence-corrected chi connectivity index (χ1v) is 8.89. The molecule has 0 aliphatic carbocycles. The van der Waals surface area contributed by atoms with Crippen LogP contribution in [-0.4, -0.2) is 42.5 Å². The Morgan fingerprint density at radius 2 is 2.00 bits per heavy atom. The lowest BCUT2D eigenvalue weighted by Crippen LogP contribution is -2.50. The molecule has 0 radical (unpaired) electrons. The van der Waals surface area contributed by atoms with Gasteiger partial charge in [-0.1, -0.05) is 12.1 Å². The minimum Gasteiger partial charge on any atom is -0.466 e. The van der Waals surface area contributed by atoms with E-state index in [2.05, 4.69) is 5.32 Å². The molecule has 0 bridgehead atoms. The molecule has 2 rings (SSSR count). The highest BCUT2D eigenvalue weighted by Crippen LogP contribution is 2.20. The standard InChI is InChI=1S/C19H27FN2O3/c1-4-25-19(24)16-6-5-11-22(12-16)14(3)18(23)21-13(2)15-7-9-17(20)10-8-15/h7-10,13-14,16H,4-6,11-12H2,1-3H3,(H,21,23). The number of piperidine rings is 1. The minimum atomic E-state index is -0.333. The zero-order valence-corrected chi connectivity index (χ0v) is 15.1. The highest BCUT2D eigenvalue weighted by Gasteiger charge is 2.31. The van der Waals surface area contributed by atoms with E-state index in [1.807, 2.05) is 18.7 Å². The van der Waals surface area contributed by atoms with Crippen LogP contribution in [-0.2, 0) is 14.3 Å². The van der Waals surface area contributed by atoms with Crippen molar-refractivity contribution in [3.8, 4) is 0 Å². The molecule has 1 aliphatic heterocycles. The molecule has 0 aromatic heterocycles. The molecule has 3 unspecified atom stereocenters. The van der Waals surface area contributed by atoms with Crippen LogP contribution in [0.15, 0.2) is 24.3 Å². The van der Waals surface area contributed by atoms with Crippen molar-refractivity contribution >= 4 is 11.9 Å². The van der Waals surface area contributed by atoms with Gasteiger partial charge in [-0.25, -0.2) is 4.39 Å². The fraction of sp³-hybridized carbons (Fsp3) is 0.579. The van der Waals surface area contributed by atoms with Crippen LogP contribution in [0.1, 0.15) is 45.2 Å². The Balaban J connectivity index is 1.92. The molecule has 0 saturated carbocycles. The Kier molecular flexibility index (Phi) is 6.93. The normalized spacial score (nSPS) is 20.6. The van der Waals surface area contributed by atoms with Crippen molar-refractivity contribution in [2.75, 3.05) is 19.7 Å². The summed E-state index contributed by atoms with van der Waals surface area (Å²) < 4.78 is 18.1. The van der Waals surface area contributed by atoms with Crippen molar-refractivity contribution in [2.45, 2.75) is 45.7 Å². The third-order valence-electron chi connectivity index (χ3n) is 4.73. The second-order valence-corrected chi connectivity index (χ2v) is 6.54. The summed E-state index contributed by atoms with van der Waals surface area (Å²) in [6, 6.07) is 5.57. The molecule has 1 aromatic rings. The third-order valence-corrected chi connectivity index (χ3v) is 4.73. The summed E-state index contributed by atoms with van der Waals surface area (Å²) in [6.45, 7) is 7.22. The SMILES string of the molecule is CCOC(=O)C1CCCN(C(C)C(=O)NC(C)c2ccc(F)cc2)C1. The summed E-state index contributed by atoms with van der Waals surface area (Å²) in [6.07, 6.45) is 1.67. The summed E-state index contributed by atoms with van der Waals surface area (Å²) in [7, 11) is 0. The van der Waals surface area contributed by atoms with E-state index in [-0.39, 0.29) is 35.7 Å². The van der Waals surface area contributed by atoms with Gasteiger partial charge in [0.2, 0.25) is 5.91 Å². The summed E-state index contributed by atoms with van der Waals surface area (Å²) in [5.41, 5.74) is 0.852. The molecule has 6 heteroatoms. The van der Waals surface area contributed by atoms with Crippen LogP contribution in [0.25, 0.3) is 0 Å². The molecule has 1 aromatic carbocycles. The van der Waals surface area contributed by atoms with E-state index in [9.17, 15) is 14.0 Å². The molecule has 1 N–H and O–H groups in total. The van der Waals surface area contributed by atoms with Gasteiger partial charge in [-0.3, -0.25) is 14.5 Å². The lowest BCUT2D eigenvalue weighted by Gasteiger charge is -2.35. The number of hydrogen-bond acceptors (Lipinski definition) is 4. The Bertz CT molecular complexity index is 591. The van der Waals surface area contributed by atoms with Gasteiger partial charge in [0.05, 0.1) is 24.6 Å². The maximum Gasteiger partial charge on any atom is 0.310 e. The first-order valence-electron chi connectivity index (χ1n) is 8.89. The smallest absolute Gasteiger partial charge is 0.310 e. The van der Waals surface area contributed by atoms with Gasteiger partial charge in [0.15, 0.2) is 0 Å². The van der Waals surface area contributed by atoms with Crippen molar-refractivity contribution < 1.29 is 18.7 Å². The predicted octanol–water partition coefficient (Wildman–Crippen LogP) is 2.67. The lowest BCUT2D eigenvalue weighted by molar-refractivity contribution is -0.151. The molecular formula is C19H27FN2O3. The monoisotopic (exact) mass is 350 g/mol. The van der Waals surface area contributed by atoms with Gasteiger partial charge in [0.25, 0.3) is 0 Å². The lowest BCUT2D eigenvalue weighted by atomic mass is 9.96. The third kappa shape index (κ3) is 5.26. The number of amides is 1. The Morgan fingerprint density at radius 1 is 1.32 bits per heavy atom. The van der Waals surface area contributed by atoms with Crippen molar-refractivity contribution in [3.63, 3.8) is 0 Å². The van der Waals surface area contributed by atoms with Gasteiger partial charge in [-0.2, -0.15) is 0 Å². The highest BCUT2D eigenvalue weighted by atomic mass is 19.1. The van der Waals surface area contributed by atoms with E-state index < -0.39 is 0 Å². The average molecular weight is 350 g/mol. The van der Waals surface area contributed by atoms with Crippen LogP contribution in [0, 0.1) is 11.7 Å². The summed E-state index contributed by atoms with van der Waals surface area (Å²) in [4.78, 5) is 26.5. The second-order valence-electron chi connectivity index (χ2n) is 6.54. The first kappa shape index (κ1) is 19.4. The maximum atomic E-state index is 13.0. The van der Waals surface area contributed by atoms with Gasteiger partial charge in [0.1, 0.15) is 5.82 Å². The van der Waals surface area contributed by atoms with Gasteiger partial charge in [0, 0.05) is 6.54 Å². The fourth-order valence-electron chi connectivity index (χ4n) is 3.15. The van der Waals surface area contributed by atoms with Gasteiger partial charge in [-0.05, 0) is 57.9 Å². The van der Waals surface area contributed by atoms with E-state index >= 15 is 0 Å². The van der Waals surface area contributed by atoms with Crippen molar-refractivity contribution in [2.24, 2.45) is 5.92 Å². The Morgan fingerprint density at radius 3 is 2.64 bits per heavy atom. The number of rotatable bonds is 6. The fourth-order valence-corrected chi connectivity index (χ4v) is 3.15. The zero-order valence-electron chi connectivity index (χ0n) is 15.1. The molecule has 1 saturated heterocycles. The summed E-state index contributed by atoms with van der Waals surface area (Å²) in [5, 5.41) is 2.96. The number of carbonyl (C=O) groups is 2. The molecule has 138 valence electrons. The summed E-state index contributed by atoms with van der Waals surface area (Å²) >= 11 is 0. The molecule has 1 fully saturated rings. The molecule has 5 nitrogen and oxygen atoms in total. The molecule has 1 heterocycles. The number of nitrogens with one attached hydrogen (secondary N) is 1. The highest BCUT2D eigenvalue weighted by molar-refractivity contribution is 5.82.